The number of hydrogen-bond donors (Lipinski definition) is 1. The Kier molecular flexibility index (Phi) is 6.08. The van der Waals surface area contributed by atoms with Gasteiger partial charge in [0.25, 0.3) is 5.69 Å². The highest BCUT2D eigenvalue weighted by Gasteiger charge is 2.33. The van der Waals surface area contributed by atoms with Gasteiger partial charge >= 0.3 is 5.97 Å². The Morgan fingerprint density at radius 2 is 1.93 bits per heavy atom. The van der Waals surface area contributed by atoms with Gasteiger partial charge in [-0.15, -0.1) is 0 Å². The maximum atomic E-state index is 12.7. The van der Waals surface area contributed by atoms with Crippen LogP contribution in [0.1, 0.15) is 11.1 Å². The first-order chi connectivity index (χ1) is 13.9. The Labute approximate surface area is 167 Å². The molecule has 0 radical (unpaired) electrons. The number of rotatable bonds is 6. The van der Waals surface area contributed by atoms with Crippen LogP contribution in [0.5, 0.6) is 5.75 Å². The number of fused-ring (bicyclic) bond motifs is 1. The molecule has 2 aromatic carbocycles. The van der Waals surface area contributed by atoms with Crippen molar-refractivity contribution in [3.05, 3.63) is 63.7 Å². The molecule has 0 saturated heterocycles. The Morgan fingerprint density at radius 1 is 1.21 bits per heavy atom. The number of nitro benzene ring substituents is 1. The van der Waals surface area contributed by atoms with E-state index in [-0.39, 0.29) is 17.9 Å². The zero-order valence-corrected chi connectivity index (χ0v) is 16.1. The van der Waals surface area contributed by atoms with Crippen molar-refractivity contribution in [3.8, 4) is 5.75 Å². The predicted octanol–water partition coefficient (Wildman–Crippen LogP) is 2.14. The van der Waals surface area contributed by atoms with Crippen molar-refractivity contribution >= 4 is 23.3 Å². The van der Waals surface area contributed by atoms with Crippen LogP contribution in [0.2, 0.25) is 0 Å². The van der Waals surface area contributed by atoms with Crippen LogP contribution < -0.4 is 10.1 Å². The van der Waals surface area contributed by atoms with E-state index in [1.54, 1.807) is 4.90 Å². The van der Waals surface area contributed by atoms with Gasteiger partial charge in [0.05, 0.1) is 31.4 Å². The molecule has 9 heteroatoms. The van der Waals surface area contributed by atoms with Crippen molar-refractivity contribution in [1.82, 2.24) is 4.90 Å². The van der Waals surface area contributed by atoms with Gasteiger partial charge in [0.2, 0.25) is 5.91 Å². The molecule has 0 aromatic heterocycles. The van der Waals surface area contributed by atoms with E-state index in [9.17, 15) is 19.7 Å². The number of nitro groups is 1. The van der Waals surface area contributed by atoms with Crippen LogP contribution in [-0.2, 0) is 27.3 Å². The van der Waals surface area contributed by atoms with Crippen LogP contribution >= 0.6 is 0 Å². The van der Waals surface area contributed by atoms with Crippen molar-refractivity contribution in [2.75, 3.05) is 26.1 Å². The molecule has 1 heterocycles. The second-order valence-electron chi connectivity index (χ2n) is 6.61. The van der Waals surface area contributed by atoms with Crippen LogP contribution in [0.3, 0.4) is 0 Å². The minimum atomic E-state index is -0.590. The lowest BCUT2D eigenvalue weighted by Crippen LogP contribution is -2.49. The number of carbonyl (C=O) groups excluding carboxylic acids is 2. The smallest absolute Gasteiger partial charge is 0.323 e. The summed E-state index contributed by atoms with van der Waals surface area (Å²) >= 11 is 0. The molecule has 29 heavy (non-hydrogen) atoms. The lowest BCUT2D eigenvalue weighted by molar-refractivity contribution is -0.384. The third-order valence-corrected chi connectivity index (χ3v) is 4.83. The molecule has 0 bridgehead atoms. The average molecular weight is 399 g/mol. The number of hydrogen-bond acceptors (Lipinski definition) is 7. The summed E-state index contributed by atoms with van der Waals surface area (Å²) in [7, 11) is 2.72. The Balaban J connectivity index is 1.79. The summed E-state index contributed by atoms with van der Waals surface area (Å²) in [5.41, 5.74) is 2.10. The molecule has 1 atom stereocenters. The first kappa shape index (κ1) is 20.3. The van der Waals surface area contributed by atoms with Crippen molar-refractivity contribution < 1.29 is 24.0 Å². The number of ether oxygens (including phenoxy) is 2. The summed E-state index contributed by atoms with van der Waals surface area (Å²) < 4.78 is 10.1. The molecule has 0 aliphatic carbocycles. The Morgan fingerprint density at radius 3 is 2.59 bits per heavy atom. The van der Waals surface area contributed by atoms with E-state index in [4.69, 9.17) is 9.47 Å². The van der Waals surface area contributed by atoms with Gasteiger partial charge in [0.15, 0.2) is 0 Å². The van der Waals surface area contributed by atoms with E-state index in [0.717, 1.165) is 11.1 Å². The van der Waals surface area contributed by atoms with Gasteiger partial charge in [-0.2, -0.15) is 0 Å². The average Bonchev–Trinajstić information content (AvgIpc) is 2.72. The van der Waals surface area contributed by atoms with Gasteiger partial charge < -0.3 is 14.8 Å². The normalized spacial score (nSPS) is 15.9. The lowest BCUT2D eigenvalue weighted by atomic mass is 9.94. The lowest BCUT2D eigenvalue weighted by Gasteiger charge is -2.34. The summed E-state index contributed by atoms with van der Waals surface area (Å²) in [6.07, 6.45) is 0.441. The molecule has 2 aromatic rings. The number of benzene rings is 2. The number of amides is 1. The highest BCUT2D eigenvalue weighted by molar-refractivity contribution is 5.94. The van der Waals surface area contributed by atoms with Gasteiger partial charge in [-0.3, -0.25) is 24.6 Å². The van der Waals surface area contributed by atoms with E-state index in [1.807, 2.05) is 24.3 Å². The highest BCUT2D eigenvalue weighted by atomic mass is 16.6. The fourth-order valence-electron chi connectivity index (χ4n) is 3.39. The second kappa shape index (κ2) is 8.70. The predicted molar refractivity (Wildman–Crippen MR) is 105 cm³/mol. The first-order valence-corrected chi connectivity index (χ1v) is 8.94. The zero-order valence-electron chi connectivity index (χ0n) is 16.1. The van der Waals surface area contributed by atoms with E-state index < -0.39 is 22.8 Å². The van der Waals surface area contributed by atoms with Crippen molar-refractivity contribution in [2.24, 2.45) is 0 Å². The third-order valence-electron chi connectivity index (χ3n) is 4.83. The van der Waals surface area contributed by atoms with Gasteiger partial charge in [-0.05, 0) is 23.6 Å². The maximum Gasteiger partial charge on any atom is 0.323 e. The van der Waals surface area contributed by atoms with Gasteiger partial charge in [0.1, 0.15) is 11.8 Å². The maximum absolute atomic E-state index is 12.7. The zero-order chi connectivity index (χ0) is 21.0. The molecule has 0 unspecified atom stereocenters. The topological polar surface area (TPSA) is 111 Å². The van der Waals surface area contributed by atoms with Gasteiger partial charge in [-0.25, -0.2) is 0 Å². The molecule has 1 aliphatic rings. The summed E-state index contributed by atoms with van der Waals surface area (Å²) in [5, 5.41) is 13.7. The number of esters is 1. The minimum absolute atomic E-state index is 0.0834. The van der Waals surface area contributed by atoms with E-state index in [0.29, 0.717) is 18.7 Å². The van der Waals surface area contributed by atoms with E-state index in [1.165, 1.54) is 32.4 Å². The molecule has 9 nitrogen and oxygen atoms in total. The first-order valence-electron chi connectivity index (χ1n) is 8.94. The standard InChI is InChI=1S/C20H21N3O6/c1-28-18-8-7-15(23(26)27)10-16(18)21-19(24)12-22-11-14-6-4-3-5-13(14)9-17(22)20(25)29-2/h3-8,10,17H,9,11-12H2,1-2H3,(H,21,24)/t17-/m0/s1. The molecule has 152 valence electrons. The Hall–Kier alpha value is -3.46. The molecule has 1 N–H and O–H groups in total. The van der Waals surface area contributed by atoms with Gasteiger partial charge in [0, 0.05) is 18.7 Å². The van der Waals surface area contributed by atoms with Crippen molar-refractivity contribution in [3.63, 3.8) is 0 Å². The molecule has 3 rings (SSSR count). The van der Waals surface area contributed by atoms with E-state index >= 15 is 0 Å². The fourth-order valence-corrected chi connectivity index (χ4v) is 3.39. The SMILES string of the molecule is COC(=O)[C@@H]1Cc2ccccc2CN1CC(=O)Nc1cc([N+](=O)[O-])ccc1OC. The number of nitrogens with one attached hydrogen (secondary N) is 1. The number of carbonyl (C=O) groups is 2. The van der Waals surface area contributed by atoms with Crippen LogP contribution in [0, 0.1) is 10.1 Å². The number of methoxy groups -OCH3 is 2. The molecular formula is C20H21N3O6. The molecule has 1 aliphatic heterocycles. The van der Waals surface area contributed by atoms with Crippen molar-refractivity contribution in [1.29, 1.82) is 0 Å². The van der Waals surface area contributed by atoms with Crippen LogP contribution in [0.25, 0.3) is 0 Å². The quantitative estimate of drug-likeness (QED) is 0.450. The number of nitrogens with zero attached hydrogens (tertiary/aromatic N) is 2. The third kappa shape index (κ3) is 4.52. The minimum Gasteiger partial charge on any atom is -0.495 e. The summed E-state index contributed by atoms with van der Waals surface area (Å²) in [4.78, 5) is 37.1. The van der Waals surface area contributed by atoms with Gasteiger partial charge in [-0.1, -0.05) is 24.3 Å². The molecule has 0 spiro atoms. The molecule has 0 saturated carbocycles. The molecule has 1 amide bonds. The second-order valence-corrected chi connectivity index (χ2v) is 6.61. The highest BCUT2D eigenvalue weighted by Crippen LogP contribution is 2.29. The largest absolute Gasteiger partial charge is 0.495 e. The summed E-state index contributed by atoms with van der Waals surface area (Å²) in [6, 6.07) is 11.1. The fraction of sp³-hybridized carbons (Fsp3) is 0.300. The molecule has 0 fully saturated rings. The monoisotopic (exact) mass is 399 g/mol. The summed E-state index contributed by atoms with van der Waals surface area (Å²) in [5.74, 6) is -0.533. The molecular weight excluding hydrogens is 378 g/mol. The van der Waals surface area contributed by atoms with Crippen molar-refractivity contribution in [2.45, 2.75) is 19.0 Å². The number of anilines is 1. The van der Waals surface area contributed by atoms with Crippen LogP contribution in [-0.4, -0.2) is 48.5 Å². The van der Waals surface area contributed by atoms with Crippen LogP contribution in [0.4, 0.5) is 11.4 Å². The Bertz CT molecular complexity index is 946. The summed E-state index contributed by atoms with van der Waals surface area (Å²) in [6.45, 7) is 0.329. The van der Waals surface area contributed by atoms with Crippen LogP contribution in [0.15, 0.2) is 42.5 Å². The van der Waals surface area contributed by atoms with E-state index in [2.05, 4.69) is 5.32 Å². The number of non-ortho nitro benzene ring substituents is 1.